The first kappa shape index (κ1) is 20.7. The number of methoxy groups -OCH3 is 1. The SMILES string of the molecule is COc1ccc(S(=O)(=O)CCC(=O)Nc2nnc(Cc3ccc4c(c3)OCO4)o2)cc1. The summed E-state index contributed by atoms with van der Waals surface area (Å²) < 4.78 is 45.8. The molecule has 31 heavy (non-hydrogen) atoms. The van der Waals surface area contributed by atoms with Crippen molar-refractivity contribution in [1.82, 2.24) is 10.2 Å². The molecule has 0 atom stereocenters. The summed E-state index contributed by atoms with van der Waals surface area (Å²) in [4.78, 5) is 12.2. The van der Waals surface area contributed by atoms with E-state index in [1.807, 2.05) is 12.1 Å². The molecular weight excluding hydrogens is 426 g/mol. The van der Waals surface area contributed by atoms with Crippen LogP contribution in [0, 0.1) is 0 Å². The second-order valence-corrected chi connectivity index (χ2v) is 8.77. The van der Waals surface area contributed by atoms with Gasteiger partial charge in [0.1, 0.15) is 5.75 Å². The van der Waals surface area contributed by atoms with Crippen molar-refractivity contribution in [1.29, 1.82) is 0 Å². The number of benzene rings is 2. The van der Waals surface area contributed by atoms with Gasteiger partial charge < -0.3 is 18.6 Å². The summed E-state index contributed by atoms with van der Waals surface area (Å²) in [5.74, 6) is 1.25. The van der Waals surface area contributed by atoms with Crippen molar-refractivity contribution in [3.05, 3.63) is 53.9 Å². The third-order valence-electron chi connectivity index (χ3n) is 4.52. The summed E-state index contributed by atoms with van der Waals surface area (Å²) in [5.41, 5.74) is 0.872. The Morgan fingerprint density at radius 1 is 1.10 bits per heavy atom. The smallest absolute Gasteiger partial charge is 0.322 e. The Bertz CT molecular complexity index is 1190. The number of sulfone groups is 1. The lowest BCUT2D eigenvalue weighted by Crippen LogP contribution is -2.17. The second-order valence-electron chi connectivity index (χ2n) is 6.66. The monoisotopic (exact) mass is 445 g/mol. The van der Waals surface area contributed by atoms with E-state index in [0.717, 1.165) is 5.56 Å². The third kappa shape index (κ3) is 4.94. The summed E-state index contributed by atoms with van der Waals surface area (Å²) in [7, 11) is -2.13. The zero-order chi connectivity index (χ0) is 21.8. The maximum Gasteiger partial charge on any atom is 0.322 e. The van der Waals surface area contributed by atoms with Gasteiger partial charge in [0, 0.05) is 6.42 Å². The molecule has 0 spiro atoms. The Hall–Kier alpha value is -3.60. The maximum atomic E-state index is 12.4. The average molecular weight is 445 g/mol. The lowest BCUT2D eigenvalue weighted by Gasteiger charge is -2.05. The molecule has 4 rings (SSSR count). The van der Waals surface area contributed by atoms with E-state index in [0.29, 0.717) is 29.6 Å². The van der Waals surface area contributed by atoms with Crippen LogP contribution in [0.2, 0.25) is 0 Å². The first-order valence-electron chi connectivity index (χ1n) is 9.30. The first-order chi connectivity index (χ1) is 14.9. The highest BCUT2D eigenvalue weighted by Gasteiger charge is 2.19. The van der Waals surface area contributed by atoms with E-state index >= 15 is 0 Å². The molecule has 162 valence electrons. The van der Waals surface area contributed by atoms with Gasteiger partial charge in [0.15, 0.2) is 21.3 Å². The predicted octanol–water partition coefficient (Wildman–Crippen LogP) is 2.20. The van der Waals surface area contributed by atoms with Crippen molar-refractivity contribution in [3.8, 4) is 17.2 Å². The molecule has 1 amide bonds. The van der Waals surface area contributed by atoms with Crippen LogP contribution in [0.3, 0.4) is 0 Å². The number of hydrogen-bond donors (Lipinski definition) is 1. The highest BCUT2D eigenvalue weighted by Crippen LogP contribution is 2.33. The quantitative estimate of drug-likeness (QED) is 0.554. The van der Waals surface area contributed by atoms with Crippen molar-refractivity contribution >= 4 is 21.8 Å². The Morgan fingerprint density at radius 2 is 1.87 bits per heavy atom. The van der Waals surface area contributed by atoms with Crippen LogP contribution < -0.4 is 19.5 Å². The molecule has 0 radical (unpaired) electrons. The van der Waals surface area contributed by atoms with E-state index in [-0.39, 0.29) is 29.9 Å². The molecule has 2 aromatic carbocycles. The maximum absolute atomic E-state index is 12.4. The van der Waals surface area contributed by atoms with E-state index < -0.39 is 15.7 Å². The van der Waals surface area contributed by atoms with Gasteiger partial charge in [0.2, 0.25) is 18.6 Å². The van der Waals surface area contributed by atoms with Gasteiger partial charge in [0.05, 0.1) is 24.2 Å². The van der Waals surface area contributed by atoms with Crippen molar-refractivity contribution in [2.24, 2.45) is 0 Å². The van der Waals surface area contributed by atoms with Crippen LogP contribution in [-0.4, -0.2) is 44.2 Å². The van der Waals surface area contributed by atoms with Crippen LogP contribution in [0.1, 0.15) is 17.9 Å². The number of nitrogens with one attached hydrogen (secondary N) is 1. The van der Waals surface area contributed by atoms with E-state index in [2.05, 4.69) is 15.5 Å². The Labute approximate surface area is 178 Å². The molecule has 1 N–H and O–H groups in total. The van der Waals surface area contributed by atoms with Crippen LogP contribution in [0.15, 0.2) is 51.8 Å². The molecule has 0 bridgehead atoms. The van der Waals surface area contributed by atoms with Gasteiger partial charge in [-0.2, -0.15) is 0 Å². The van der Waals surface area contributed by atoms with Crippen molar-refractivity contribution in [3.63, 3.8) is 0 Å². The van der Waals surface area contributed by atoms with Gasteiger partial charge in [0.25, 0.3) is 0 Å². The van der Waals surface area contributed by atoms with Gasteiger partial charge in [-0.05, 0) is 42.0 Å². The van der Waals surface area contributed by atoms with E-state index in [4.69, 9.17) is 18.6 Å². The Kier molecular flexibility index (Phi) is 5.76. The highest BCUT2D eigenvalue weighted by atomic mass is 32.2. The molecule has 0 saturated carbocycles. The van der Waals surface area contributed by atoms with Crippen LogP contribution >= 0.6 is 0 Å². The second kappa shape index (κ2) is 8.64. The number of anilines is 1. The minimum Gasteiger partial charge on any atom is -0.497 e. The van der Waals surface area contributed by atoms with Crippen molar-refractivity contribution in [2.45, 2.75) is 17.7 Å². The predicted molar refractivity (Wildman–Crippen MR) is 108 cm³/mol. The van der Waals surface area contributed by atoms with Crippen molar-refractivity contribution < 1.29 is 31.8 Å². The molecule has 0 aliphatic carbocycles. The fraction of sp³-hybridized carbons (Fsp3) is 0.250. The molecular formula is C20H19N3O7S. The summed E-state index contributed by atoms with van der Waals surface area (Å²) in [6, 6.07) is 11.3. The van der Waals surface area contributed by atoms with Gasteiger partial charge in [-0.3, -0.25) is 10.1 Å². The number of nitrogens with zero attached hydrogens (tertiary/aromatic N) is 2. The molecule has 11 heteroatoms. The van der Waals surface area contributed by atoms with Crippen LogP contribution in [0.5, 0.6) is 17.2 Å². The number of fused-ring (bicyclic) bond motifs is 1. The lowest BCUT2D eigenvalue weighted by molar-refractivity contribution is -0.116. The van der Waals surface area contributed by atoms with Gasteiger partial charge in [-0.1, -0.05) is 11.2 Å². The van der Waals surface area contributed by atoms with Crippen LogP contribution in [0.4, 0.5) is 6.01 Å². The zero-order valence-electron chi connectivity index (χ0n) is 16.5. The summed E-state index contributed by atoms with van der Waals surface area (Å²) in [5, 5.41) is 10.1. The average Bonchev–Trinajstić information content (AvgIpc) is 3.41. The number of carbonyl (C=O) groups is 1. The van der Waals surface area contributed by atoms with Crippen LogP contribution in [0.25, 0.3) is 0 Å². The fourth-order valence-corrected chi connectivity index (χ4v) is 4.15. The van der Waals surface area contributed by atoms with Gasteiger partial charge in [-0.25, -0.2) is 8.42 Å². The number of ether oxygens (including phenoxy) is 3. The molecule has 10 nitrogen and oxygen atoms in total. The lowest BCUT2D eigenvalue weighted by atomic mass is 10.1. The Morgan fingerprint density at radius 3 is 2.65 bits per heavy atom. The molecule has 0 saturated heterocycles. The van der Waals surface area contributed by atoms with Gasteiger partial charge in [-0.15, -0.1) is 5.10 Å². The molecule has 1 aliphatic heterocycles. The number of carbonyl (C=O) groups excluding carboxylic acids is 1. The first-order valence-corrected chi connectivity index (χ1v) is 11.0. The minimum atomic E-state index is -3.62. The summed E-state index contributed by atoms with van der Waals surface area (Å²) in [6.07, 6.45) is 0.0829. The number of hydrogen-bond acceptors (Lipinski definition) is 9. The fourth-order valence-electron chi connectivity index (χ4n) is 2.91. The van der Waals surface area contributed by atoms with Crippen molar-refractivity contribution in [2.75, 3.05) is 25.0 Å². The highest BCUT2D eigenvalue weighted by molar-refractivity contribution is 7.91. The normalized spacial score (nSPS) is 12.5. The summed E-state index contributed by atoms with van der Waals surface area (Å²) >= 11 is 0. The van der Waals surface area contributed by atoms with Crippen LogP contribution in [-0.2, 0) is 21.1 Å². The zero-order valence-corrected chi connectivity index (χ0v) is 17.3. The topological polar surface area (TPSA) is 130 Å². The summed E-state index contributed by atoms with van der Waals surface area (Å²) in [6.45, 7) is 0.184. The molecule has 3 aromatic rings. The molecule has 1 aliphatic rings. The van der Waals surface area contributed by atoms with Gasteiger partial charge >= 0.3 is 6.01 Å². The largest absolute Gasteiger partial charge is 0.497 e. The minimum absolute atomic E-state index is 0.0948. The molecule has 0 unspecified atom stereocenters. The standard InChI is InChI=1S/C20H19N3O7S/c1-27-14-3-5-15(6-4-14)31(25,26)9-8-18(24)21-20-23-22-19(30-20)11-13-2-7-16-17(10-13)29-12-28-16/h2-7,10H,8-9,11-12H2,1H3,(H,21,23,24). The van der Waals surface area contributed by atoms with E-state index in [9.17, 15) is 13.2 Å². The molecule has 2 heterocycles. The Balaban J connectivity index is 1.31. The van der Waals surface area contributed by atoms with E-state index in [1.165, 1.54) is 19.2 Å². The number of amides is 1. The number of aromatic nitrogens is 2. The third-order valence-corrected chi connectivity index (χ3v) is 6.25. The molecule has 1 aromatic heterocycles. The molecule has 0 fully saturated rings. The number of rotatable bonds is 8. The van der Waals surface area contributed by atoms with E-state index in [1.54, 1.807) is 18.2 Å².